The molecule has 0 radical (unpaired) electrons. The summed E-state index contributed by atoms with van der Waals surface area (Å²) in [6, 6.07) is 13.3. The summed E-state index contributed by atoms with van der Waals surface area (Å²) in [5.74, 6) is -0.813. The van der Waals surface area contributed by atoms with Crippen molar-refractivity contribution in [1.29, 1.82) is 0 Å². The van der Waals surface area contributed by atoms with Crippen LogP contribution >= 0.6 is 11.8 Å². The molecule has 0 saturated heterocycles. The van der Waals surface area contributed by atoms with Crippen molar-refractivity contribution in [3.63, 3.8) is 0 Å². The van der Waals surface area contributed by atoms with Gasteiger partial charge < -0.3 is 9.64 Å². The van der Waals surface area contributed by atoms with Crippen LogP contribution in [0.1, 0.15) is 16.1 Å². The van der Waals surface area contributed by atoms with Gasteiger partial charge in [0.15, 0.2) is 17.5 Å². The fourth-order valence-corrected chi connectivity index (χ4v) is 3.71. The molecule has 1 aliphatic heterocycles. The zero-order valence-electron chi connectivity index (χ0n) is 14.2. The maximum atomic E-state index is 12.5. The average Bonchev–Trinajstić information content (AvgIpc) is 3.27. The number of hydrogen-bond acceptors (Lipinski definition) is 5. The van der Waals surface area contributed by atoms with E-state index in [0.717, 1.165) is 17.7 Å². The van der Waals surface area contributed by atoms with Crippen molar-refractivity contribution in [3.8, 4) is 0 Å². The number of fused-ring (bicyclic) bond motifs is 2. The Balaban J connectivity index is 1.49. The minimum absolute atomic E-state index is 0.225. The van der Waals surface area contributed by atoms with Gasteiger partial charge >= 0.3 is 5.97 Å². The van der Waals surface area contributed by atoms with E-state index in [1.165, 1.54) is 11.8 Å². The summed E-state index contributed by atoms with van der Waals surface area (Å²) in [4.78, 5) is 31.0. The molecule has 0 unspecified atom stereocenters. The van der Waals surface area contributed by atoms with Gasteiger partial charge in [-0.25, -0.2) is 9.78 Å². The molecule has 3 heterocycles. The summed E-state index contributed by atoms with van der Waals surface area (Å²) in [6.45, 7) is 0.313. The lowest BCUT2D eigenvalue weighted by molar-refractivity contribution is -0.121. The van der Waals surface area contributed by atoms with Gasteiger partial charge in [-0.2, -0.15) is 0 Å². The van der Waals surface area contributed by atoms with Crippen LogP contribution in [-0.2, 0) is 16.0 Å². The van der Waals surface area contributed by atoms with Gasteiger partial charge in [-0.05, 0) is 36.4 Å². The van der Waals surface area contributed by atoms with Crippen molar-refractivity contribution in [3.05, 3.63) is 59.9 Å². The van der Waals surface area contributed by atoms with Gasteiger partial charge in [0, 0.05) is 18.4 Å². The van der Waals surface area contributed by atoms with E-state index >= 15 is 0 Å². The van der Waals surface area contributed by atoms with Crippen molar-refractivity contribution in [2.75, 3.05) is 24.3 Å². The molecule has 0 N–H and O–H groups in total. The molecule has 0 spiro atoms. The minimum Gasteiger partial charge on any atom is -0.451 e. The molecule has 1 aromatic carbocycles. The number of esters is 1. The third kappa shape index (κ3) is 2.84. The number of amides is 1. The van der Waals surface area contributed by atoms with Crippen molar-refractivity contribution in [2.24, 2.45) is 0 Å². The highest BCUT2D eigenvalue weighted by atomic mass is 32.2. The Kier molecular flexibility index (Phi) is 4.38. The monoisotopic (exact) mass is 367 g/mol. The van der Waals surface area contributed by atoms with E-state index < -0.39 is 5.97 Å². The van der Waals surface area contributed by atoms with E-state index in [2.05, 4.69) is 4.98 Å². The van der Waals surface area contributed by atoms with E-state index in [4.69, 9.17) is 4.74 Å². The molecule has 1 aliphatic rings. The Hall–Kier alpha value is -2.80. The molecule has 4 rings (SSSR count). The summed E-state index contributed by atoms with van der Waals surface area (Å²) in [6.07, 6.45) is 4.56. The molecule has 0 fully saturated rings. The Morgan fingerprint density at radius 2 is 2.00 bits per heavy atom. The third-order valence-electron chi connectivity index (χ3n) is 4.41. The summed E-state index contributed by atoms with van der Waals surface area (Å²) in [7, 11) is 0. The number of thioether (sulfide) groups is 1. The van der Waals surface area contributed by atoms with Crippen LogP contribution in [0.25, 0.3) is 5.52 Å². The summed E-state index contributed by atoms with van der Waals surface area (Å²) in [5.41, 5.74) is 2.92. The van der Waals surface area contributed by atoms with Crippen LogP contribution in [0.15, 0.2) is 53.8 Å². The van der Waals surface area contributed by atoms with Crippen LogP contribution in [0.4, 0.5) is 5.69 Å². The number of benzene rings is 1. The van der Waals surface area contributed by atoms with E-state index in [1.54, 1.807) is 4.90 Å². The van der Waals surface area contributed by atoms with Crippen LogP contribution in [0.5, 0.6) is 0 Å². The number of rotatable bonds is 4. The van der Waals surface area contributed by atoms with Gasteiger partial charge in [0.25, 0.3) is 5.91 Å². The first-order valence-corrected chi connectivity index (χ1v) is 9.48. The summed E-state index contributed by atoms with van der Waals surface area (Å²) >= 11 is 1.44. The van der Waals surface area contributed by atoms with Gasteiger partial charge in [0.1, 0.15) is 0 Å². The number of para-hydroxylation sites is 1. The van der Waals surface area contributed by atoms with Crippen molar-refractivity contribution in [2.45, 2.75) is 11.6 Å². The Bertz CT molecular complexity index is 999. The number of anilines is 1. The average molecular weight is 367 g/mol. The fraction of sp³-hybridized carbons (Fsp3) is 0.211. The normalized spacial score (nSPS) is 13.0. The number of ether oxygens (including phenoxy) is 1. The first-order chi connectivity index (χ1) is 12.7. The Morgan fingerprint density at radius 1 is 1.19 bits per heavy atom. The largest absolute Gasteiger partial charge is 0.451 e. The van der Waals surface area contributed by atoms with Crippen LogP contribution in [0.3, 0.4) is 0 Å². The number of carbonyl (C=O) groups excluding carboxylic acids is 2. The molecule has 2 aromatic heterocycles. The zero-order valence-corrected chi connectivity index (χ0v) is 15.0. The summed E-state index contributed by atoms with van der Waals surface area (Å²) < 4.78 is 7.10. The molecule has 1 amide bonds. The molecule has 132 valence electrons. The van der Waals surface area contributed by atoms with Gasteiger partial charge in [-0.1, -0.05) is 36.0 Å². The van der Waals surface area contributed by atoms with Gasteiger partial charge in [0.2, 0.25) is 0 Å². The highest BCUT2D eigenvalue weighted by Gasteiger charge is 2.26. The number of hydrogen-bond donors (Lipinski definition) is 0. The summed E-state index contributed by atoms with van der Waals surface area (Å²) in [5, 5.41) is 0.701. The predicted molar refractivity (Wildman–Crippen MR) is 99.8 cm³/mol. The molecule has 0 aliphatic carbocycles. The van der Waals surface area contributed by atoms with Crippen LogP contribution in [-0.4, -0.2) is 40.7 Å². The zero-order chi connectivity index (χ0) is 18.1. The second-order valence-electron chi connectivity index (χ2n) is 5.90. The Morgan fingerprint density at radius 3 is 2.85 bits per heavy atom. The molecule has 0 atom stereocenters. The molecule has 3 aromatic rings. The number of aromatic nitrogens is 2. The smallest absolute Gasteiger partial charge is 0.359 e. The van der Waals surface area contributed by atoms with Crippen molar-refractivity contribution in [1.82, 2.24) is 9.38 Å². The predicted octanol–water partition coefficient (Wildman–Crippen LogP) is 2.80. The van der Waals surface area contributed by atoms with Crippen LogP contribution in [0, 0.1) is 0 Å². The topological polar surface area (TPSA) is 63.9 Å². The molecule has 6 nitrogen and oxygen atoms in total. The maximum absolute atomic E-state index is 12.5. The van der Waals surface area contributed by atoms with E-state index in [1.807, 2.05) is 59.3 Å². The van der Waals surface area contributed by atoms with Crippen LogP contribution in [0.2, 0.25) is 0 Å². The van der Waals surface area contributed by atoms with Crippen molar-refractivity contribution < 1.29 is 14.3 Å². The number of imidazole rings is 1. The number of nitrogens with zero attached hydrogens (tertiary/aromatic N) is 3. The highest BCUT2D eigenvalue weighted by molar-refractivity contribution is 7.98. The third-order valence-corrected chi connectivity index (χ3v) is 5.06. The lowest BCUT2D eigenvalue weighted by Gasteiger charge is -2.16. The standard InChI is InChI=1S/C19H17N3O3S/c1-26-19-20-17(15-8-4-5-10-22(15)19)18(24)25-12-16(23)21-11-9-13-6-2-3-7-14(13)21/h2-8,10H,9,11-12H2,1H3. The second-order valence-corrected chi connectivity index (χ2v) is 6.68. The lowest BCUT2D eigenvalue weighted by atomic mass is 10.2. The molecule has 0 saturated carbocycles. The van der Waals surface area contributed by atoms with Gasteiger partial charge in [-0.3, -0.25) is 9.20 Å². The molecule has 26 heavy (non-hydrogen) atoms. The SMILES string of the molecule is CSc1nc(C(=O)OCC(=O)N2CCc3ccccc32)c2ccccn12. The van der Waals surface area contributed by atoms with Crippen molar-refractivity contribution >= 4 is 34.8 Å². The van der Waals surface area contributed by atoms with Gasteiger partial charge in [-0.15, -0.1) is 0 Å². The van der Waals surface area contributed by atoms with E-state index in [0.29, 0.717) is 17.2 Å². The molecular formula is C19H17N3O3S. The van der Waals surface area contributed by atoms with E-state index in [9.17, 15) is 9.59 Å². The first-order valence-electron chi connectivity index (χ1n) is 8.25. The lowest BCUT2D eigenvalue weighted by Crippen LogP contribution is -2.33. The number of carbonyl (C=O) groups is 2. The van der Waals surface area contributed by atoms with Gasteiger partial charge in [0.05, 0.1) is 5.52 Å². The minimum atomic E-state index is -0.588. The van der Waals surface area contributed by atoms with E-state index in [-0.39, 0.29) is 18.2 Å². The van der Waals surface area contributed by atoms with Crippen LogP contribution < -0.4 is 4.90 Å². The number of pyridine rings is 1. The molecule has 0 bridgehead atoms. The molecule has 7 heteroatoms. The maximum Gasteiger partial charge on any atom is 0.359 e. The highest BCUT2D eigenvalue weighted by Crippen LogP contribution is 2.27. The fourth-order valence-electron chi connectivity index (χ4n) is 3.17. The quantitative estimate of drug-likeness (QED) is 0.524. The Labute approximate surface area is 154 Å². The second kappa shape index (κ2) is 6.84. The molecular weight excluding hydrogens is 350 g/mol. The first kappa shape index (κ1) is 16.7.